The molecule has 0 N–H and O–H groups in total. The lowest BCUT2D eigenvalue weighted by Crippen LogP contribution is -2.40. The van der Waals surface area contributed by atoms with E-state index in [1.807, 2.05) is 0 Å². The number of hydrogen-bond acceptors (Lipinski definition) is 5. The van der Waals surface area contributed by atoms with Gasteiger partial charge in [-0.15, -0.1) is 0 Å². The number of sulfone groups is 1. The van der Waals surface area contributed by atoms with Crippen LogP contribution in [0.4, 0.5) is 8.78 Å². The monoisotopic (exact) mass is 346 g/mol. The van der Waals surface area contributed by atoms with Crippen molar-refractivity contribution >= 4 is 21.6 Å². The second-order valence-corrected chi connectivity index (χ2v) is 7.53. The van der Waals surface area contributed by atoms with Gasteiger partial charge in [-0.1, -0.05) is 0 Å². The van der Waals surface area contributed by atoms with Crippen LogP contribution in [-0.2, 0) is 24.2 Å². The number of esters is 1. The van der Waals surface area contributed by atoms with E-state index in [2.05, 4.69) is 4.74 Å². The summed E-state index contributed by atoms with van der Waals surface area (Å²) < 4.78 is 56.3. The van der Waals surface area contributed by atoms with Crippen molar-refractivity contribution in [1.29, 1.82) is 0 Å². The van der Waals surface area contributed by atoms with E-state index in [1.165, 1.54) is 0 Å². The normalized spacial score (nSPS) is 20.1. The molecule has 0 bridgehead atoms. The van der Waals surface area contributed by atoms with E-state index in [1.54, 1.807) is 0 Å². The molecule has 8 heteroatoms. The van der Waals surface area contributed by atoms with E-state index in [4.69, 9.17) is 0 Å². The lowest BCUT2D eigenvalue weighted by molar-refractivity contribution is -0.141. The van der Waals surface area contributed by atoms with Crippen LogP contribution in [0.3, 0.4) is 0 Å². The van der Waals surface area contributed by atoms with Crippen LogP contribution >= 0.6 is 0 Å². The van der Waals surface area contributed by atoms with Crippen molar-refractivity contribution in [3.63, 3.8) is 0 Å². The average molecular weight is 346 g/mol. The van der Waals surface area contributed by atoms with Gasteiger partial charge in [0.15, 0.2) is 26.7 Å². The number of carbonyl (C=O) groups is 2. The number of halogens is 2. The number of hydrogen-bond donors (Lipinski definition) is 0. The van der Waals surface area contributed by atoms with Crippen LogP contribution in [0.1, 0.15) is 25.7 Å². The minimum Gasteiger partial charge on any atom is -0.468 e. The molecular weight excluding hydrogens is 330 g/mol. The van der Waals surface area contributed by atoms with Gasteiger partial charge in [-0.05, 0) is 37.0 Å². The van der Waals surface area contributed by atoms with Crippen LogP contribution in [0.15, 0.2) is 23.1 Å². The molecule has 2 rings (SSSR count). The van der Waals surface area contributed by atoms with Crippen molar-refractivity contribution < 1.29 is 31.5 Å². The SMILES string of the molecule is COC(=O)C(C1CCCC(=O)C1)S(=O)(=O)c1ccc(F)c(F)c1. The topological polar surface area (TPSA) is 77.5 Å². The van der Waals surface area contributed by atoms with E-state index in [-0.39, 0.29) is 12.2 Å². The van der Waals surface area contributed by atoms with Gasteiger partial charge in [-0.25, -0.2) is 17.2 Å². The van der Waals surface area contributed by atoms with Crippen LogP contribution < -0.4 is 0 Å². The zero-order chi connectivity index (χ0) is 17.2. The molecule has 1 aliphatic carbocycles. The van der Waals surface area contributed by atoms with Crippen molar-refractivity contribution in [2.75, 3.05) is 7.11 Å². The molecule has 1 saturated carbocycles. The van der Waals surface area contributed by atoms with E-state index >= 15 is 0 Å². The van der Waals surface area contributed by atoms with Gasteiger partial charge in [0.25, 0.3) is 0 Å². The lowest BCUT2D eigenvalue weighted by atomic mass is 9.86. The summed E-state index contributed by atoms with van der Waals surface area (Å²) in [6.45, 7) is 0. The Morgan fingerprint density at radius 2 is 2.00 bits per heavy atom. The van der Waals surface area contributed by atoms with Crippen LogP contribution in [0, 0.1) is 17.6 Å². The Hall–Kier alpha value is -1.83. The molecule has 2 atom stereocenters. The summed E-state index contributed by atoms with van der Waals surface area (Å²) in [6, 6.07) is 2.11. The molecule has 0 aromatic heterocycles. The summed E-state index contributed by atoms with van der Waals surface area (Å²) in [6.07, 6.45) is 1.14. The molecule has 1 aromatic carbocycles. The summed E-state index contributed by atoms with van der Waals surface area (Å²) in [7, 11) is -3.27. The largest absolute Gasteiger partial charge is 0.468 e. The first-order valence-electron chi connectivity index (χ1n) is 7.06. The minimum absolute atomic E-state index is 0.0529. The molecule has 1 fully saturated rings. The fourth-order valence-electron chi connectivity index (χ4n) is 2.81. The Balaban J connectivity index is 2.46. The first kappa shape index (κ1) is 17.5. The van der Waals surface area contributed by atoms with Gasteiger partial charge in [-0.3, -0.25) is 9.59 Å². The number of benzene rings is 1. The van der Waals surface area contributed by atoms with Crippen LogP contribution in [0.2, 0.25) is 0 Å². The maximum atomic E-state index is 13.4. The minimum atomic E-state index is -4.31. The summed E-state index contributed by atoms with van der Waals surface area (Å²) in [5.41, 5.74) is 0. The third-order valence-corrected chi connectivity index (χ3v) is 6.09. The number of ether oxygens (including phenoxy) is 1. The third-order valence-electron chi connectivity index (χ3n) is 3.94. The highest BCUT2D eigenvalue weighted by molar-refractivity contribution is 7.92. The molecule has 2 unspecified atom stereocenters. The van der Waals surface area contributed by atoms with Crippen LogP contribution in [0.5, 0.6) is 0 Å². The predicted molar refractivity (Wildman–Crippen MR) is 76.3 cm³/mol. The first-order chi connectivity index (χ1) is 10.8. The molecule has 0 amide bonds. The van der Waals surface area contributed by atoms with E-state index in [0.717, 1.165) is 13.2 Å². The highest BCUT2D eigenvalue weighted by Crippen LogP contribution is 2.32. The Kier molecular flexibility index (Phi) is 5.13. The van der Waals surface area contributed by atoms with Gasteiger partial charge < -0.3 is 4.74 Å². The Morgan fingerprint density at radius 1 is 1.30 bits per heavy atom. The lowest BCUT2D eigenvalue weighted by Gasteiger charge is -2.27. The van der Waals surface area contributed by atoms with Crippen molar-refractivity contribution in [2.45, 2.75) is 35.8 Å². The van der Waals surface area contributed by atoms with Gasteiger partial charge in [-0.2, -0.15) is 0 Å². The first-order valence-corrected chi connectivity index (χ1v) is 8.60. The quantitative estimate of drug-likeness (QED) is 0.616. The summed E-state index contributed by atoms with van der Waals surface area (Å²) in [5, 5.41) is -1.61. The molecule has 1 aliphatic rings. The Bertz CT molecular complexity index is 729. The van der Waals surface area contributed by atoms with Crippen molar-refractivity contribution in [1.82, 2.24) is 0 Å². The molecule has 126 valence electrons. The molecule has 1 aromatic rings. The molecule has 0 heterocycles. The third kappa shape index (κ3) is 3.57. The highest BCUT2D eigenvalue weighted by atomic mass is 32.2. The van der Waals surface area contributed by atoms with Crippen LogP contribution in [0.25, 0.3) is 0 Å². The molecule has 0 saturated heterocycles. The van der Waals surface area contributed by atoms with Crippen LogP contribution in [-0.4, -0.2) is 32.5 Å². The van der Waals surface area contributed by atoms with Crippen molar-refractivity contribution in [3.8, 4) is 0 Å². The number of methoxy groups -OCH3 is 1. The Morgan fingerprint density at radius 3 is 2.57 bits per heavy atom. The van der Waals surface area contributed by atoms with Crippen molar-refractivity contribution in [3.05, 3.63) is 29.8 Å². The highest BCUT2D eigenvalue weighted by Gasteiger charge is 2.43. The van der Waals surface area contributed by atoms with Gasteiger partial charge >= 0.3 is 5.97 Å². The molecule has 0 spiro atoms. The van der Waals surface area contributed by atoms with Gasteiger partial charge in [0, 0.05) is 12.8 Å². The summed E-state index contributed by atoms with van der Waals surface area (Å²) in [5.74, 6) is -4.38. The van der Waals surface area contributed by atoms with Gasteiger partial charge in [0.1, 0.15) is 5.78 Å². The molecule has 23 heavy (non-hydrogen) atoms. The number of rotatable bonds is 4. The smallest absolute Gasteiger partial charge is 0.324 e. The average Bonchev–Trinajstić information content (AvgIpc) is 2.49. The summed E-state index contributed by atoms with van der Waals surface area (Å²) >= 11 is 0. The van der Waals surface area contributed by atoms with Gasteiger partial charge in [0.2, 0.25) is 0 Å². The standard InChI is InChI=1S/C15H16F2O5S/c1-22-15(19)14(9-3-2-4-10(18)7-9)23(20,21)11-5-6-12(16)13(17)8-11/h5-6,8-9,14H,2-4,7H2,1H3. The predicted octanol–water partition coefficient (Wildman–Crippen LogP) is 2.04. The maximum absolute atomic E-state index is 13.4. The van der Waals surface area contributed by atoms with Crippen molar-refractivity contribution in [2.24, 2.45) is 5.92 Å². The van der Waals surface area contributed by atoms with Gasteiger partial charge in [0.05, 0.1) is 12.0 Å². The van der Waals surface area contributed by atoms with E-state index in [9.17, 15) is 26.8 Å². The molecule has 5 nitrogen and oxygen atoms in total. The fourth-order valence-corrected chi connectivity index (χ4v) is 4.71. The van der Waals surface area contributed by atoms with E-state index in [0.29, 0.717) is 31.4 Å². The zero-order valence-corrected chi connectivity index (χ0v) is 13.2. The second-order valence-electron chi connectivity index (χ2n) is 5.46. The molecular formula is C15H16F2O5S. The fraction of sp³-hybridized carbons (Fsp3) is 0.467. The maximum Gasteiger partial charge on any atom is 0.324 e. The molecule has 0 aliphatic heterocycles. The Labute approximate surface area is 132 Å². The number of Topliss-reactive ketones (excluding diaryl/α,β-unsaturated/α-hetero) is 1. The zero-order valence-electron chi connectivity index (χ0n) is 12.4. The molecule has 0 radical (unpaired) electrons. The summed E-state index contributed by atoms with van der Waals surface area (Å²) in [4.78, 5) is 23.1. The number of ketones is 1. The van der Waals surface area contributed by atoms with E-state index < -0.39 is 43.5 Å². The number of carbonyl (C=O) groups excluding carboxylic acids is 2. The second kappa shape index (κ2) is 6.74.